The Bertz CT molecular complexity index is 913. The molecule has 1 aliphatic carbocycles. The van der Waals surface area contributed by atoms with E-state index >= 15 is 0 Å². The fraction of sp³-hybridized carbons (Fsp3) is 0.235. The molecule has 3 rings (SSSR count). The minimum atomic E-state index is -1.40. The molecular weight excluding hydrogens is 298 g/mol. The number of carboxylic acid groups (broad SMARTS) is 1. The summed E-state index contributed by atoms with van der Waals surface area (Å²) in [5.41, 5.74) is 2.28. The first-order valence-corrected chi connectivity index (χ1v) is 7.20. The summed E-state index contributed by atoms with van der Waals surface area (Å²) < 4.78 is 10.3. The molecule has 1 heterocycles. The lowest BCUT2D eigenvalue weighted by atomic mass is 9.99. The van der Waals surface area contributed by atoms with Crippen molar-refractivity contribution in [2.24, 2.45) is 5.92 Å². The number of fused-ring (bicyclic) bond motifs is 2. The molecule has 1 aliphatic heterocycles. The SMILES string of the molecule is CC(C)Cc1cc(=O)cc2oc3cc(OC(=O)O)ccc3nc1-2. The van der Waals surface area contributed by atoms with Crippen molar-refractivity contribution in [3.63, 3.8) is 0 Å². The van der Waals surface area contributed by atoms with Gasteiger partial charge in [0, 0.05) is 12.1 Å². The molecule has 23 heavy (non-hydrogen) atoms. The summed E-state index contributed by atoms with van der Waals surface area (Å²) in [6.07, 6.45) is -0.681. The Hall–Kier alpha value is -2.89. The highest BCUT2D eigenvalue weighted by molar-refractivity contribution is 5.79. The van der Waals surface area contributed by atoms with Crippen LogP contribution < -0.4 is 10.2 Å². The van der Waals surface area contributed by atoms with Gasteiger partial charge in [-0.2, -0.15) is 0 Å². The second-order valence-electron chi connectivity index (χ2n) is 5.74. The fourth-order valence-corrected chi connectivity index (χ4v) is 2.51. The van der Waals surface area contributed by atoms with Gasteiger partial charge in [0.25, 0.3) is 0 Å². The molecule has 0 amide bonds. The molecule has 1 aromatic rings. The van der Waals surface area contributed by atoms with Crippen molar-refractivity contribution in [3.05, 3.63) is 46.1 Å². The number of rotatable bonds is 3. The van der Waals surface area contributed by atoms with Gasteiger partial charge in [0.15, 0.2) is 16.8 Å². The average Bonchev–Trinajstić information content (AvgIpc) is 2.44. The van der Waals surface area contributed by atoms with E-state index in [9.17, 15) is 9.59 Å². The van der Waals surface area contributed by atoms with Crippen LogP contribution in [0.15, 0.2) is 39.5 Å². The van der Waals surface area contributed by atoms with Gasteiger partial charge in [-0.05, 0) is 36.1 Å². The summed E-state index contributed by atoms with van der Waals surface area (Å²) in [4.78, 5) is 27.0. The van der Waals surface area contributed by atoms with Crippen LogP contribution in [0.5, 0.6) is 5.75 Å². The summed E-state index contributed by atoms with van der Waals surface area (Å²) in [5.74, 6) is 0.896. The molecule has 0 saturated heterocycles. The van der Waals surface area contributed by atoms with E-state index in [1.54, 1.807) is 12.1 Å². The quantitative estimate of drug-likeness (QED) is 0.452. The monoisotopic (exact) mass is 313 g/mol. The maximum atomic E-state index is 11.8. The zero-order valence-electron chi connectivity index (χ0n) is 12.7. The molecule has 0 spiro atoms. The van der Waals surface area contributed by atoms with Crippen molar-refractivity contribution in [1.29, 1.82) is 0 Å². The van der Waals surface area contributed by atoms with E-state index in [0.717, 1.165) is 12.0 Å². The summed E-state index contributed by atoms with van der Waals surface area (Å²) in [6, 6.07) is 7.54. The molecular formula is C17H15NO5. The van der Waals surface area contributed by atoms with E-state index in [0.29, 0.717) is 28.5 Å². The van der Waals surface area contributed by atoms with Gasteiger partial charge in [-0.25, -0.2) is 9.78 Å². The highest BCUT2D eigenvalue weighted by Gasteiger charge is 2.16. The van der Waals surface area contributed by atoms with Crippen molar-refractivity contribution in [2.45, 2.75) is 20.3 Å². The molecule has 1 aromatic carbocycles. The summed E-state index contributed by atoms with van der Waals surface area (Å²) >= 11 is 0. The lowest BCUT2D eigenvalue weighted by molar-refractivity contribution is 0.144. The number of benzene rings is 2. The Balaban J connectivity index is 2.20. The van der Waals surface area contributed by atoms with Crippen molar-refractivity contribution in [3.8, 4) is 17.2 Å². The van der Waals surface area contributed by atoms with Crippen LogP contribution in [-0.2, 0) is 6.42 Å². The lowest BCUT2D eigenvalue weighted by Crippen LogP contribution is -2.08. The second-order valence-corrected chi connectivity index (χ2v) is 5.74. The molecule has 6 nitrogen and oxygen atoms in total. The molecule has 118 valence electrons. The topological polar surface area (TPSA) is 89.6 Å². The van der Waals surface area contributed by atoms with Gasteiger partial charge >= 0.3 is 6.16 Å². The maximum Gasteiger partial charge on any atom is 0.511 e. The Morgan fingerprint density at radius 2 is 2.09 bits per heavy atom. The highest BCUT2D eigenvalue weighted by atomic mass is 16.7. The second kappa shape index (κ2) is 5.72. The first-order chi connectivity index (χ1) is 10.9. The fourth-order valence-electron chi connectivity index (χ4n) is 2.51. The predicted octanol–water partition coefficient (Wildman–Crippen LogP) is 3.55. The van der Waals surface area contributed by atoms with Gasteiger partial charge in [-0.15, -0.1) is 0 Å². The number of hydrogen-bond donors (Lipinski definition) is 1. The zero-order valence-corrected chi connectivity index (χ0v) is 12.7. The van der Waals surface area contributed by atoms with Crippen molar-refractivity contribution in [2.75, 3.05) is 0 Å². The van der Waals surface area contributed by atoms with Crippen LogP contribution in [-0.4, -0.2) is 16.2 Å². The van der Waals surface area contributed by atoms with Crippen molar-refractivity contribution in [1.82, 2.24) is 4.98 Å². The van der Waals surface area contributed by atoms with Gasteiger partial charge in [-0.1, -0.05) is 13.8 Å². The van der Waals surface area contributed by atoms with Gasteiger partial charge in [-0.3, -0.25) is 4.79 Å². The Labute approximate surface area is 131 Å². The van der Waals surface area contributed by atoms with Crippen LogP contribution in [0.4, 0.5) is 4.79 Å². The Morgan fingerprint density at radius 3 is 2.78 bits per heavy atom. The molecule has 2 aliphatic rings. The average molecular weight is 313 g/mol. The van der Waals surface area contributed by atoms with Gasteiger partial charge in [0.2, 0.25) is 0 Å². The van der Waals surface area contributed by atoms with Crippen LogP contribution in [0.1, 0.15) is 19.4 Å². The molecule has 0 unspecified atom stereocenters. The van der Waals surface area contributed by atoms with E-state index in [1.807, 2.05) is 0 Å². The number of hydrogen-bond acceptors (Lipinski definition) is 5. The van der Waals surface area contributed by atoms with Crippen molar-refractivity contribution >= 4 is 17.3 Å². The standard InChI is InChI=1S/C17H15NO5/c1-9(2)5-10-6-11(19)7-15-16(10)18-13-4-3-12(22-17(20)21)8-14(13)23-15/h3-4,6-9H,5H2,1-2H3,(H,20,21). The molecule has 1 N–H and O–H groups in total. The summed E-state index contributed by atoms with van der Waals surface area (Å²) in [6.45, 7) is 4.13. The lowest BCUT2D eigenvalue weighted by Gasteiger charge is -2.12. The Morgan fingerprint density at radius 1 is 1.30 bits per heavy atom. The number of nitrogens with zero attached hydrogens (tertiary/aromatic N) is 1. The van der Waals surface area contributed by atoms with Gasteiger partial charge in [0.1, 0.15) is 17.0 Å². The minimum absolute atomic E-state index is 0.135. The Kier molecular flexibility index (Phi) is 3.73. The third-order valence-corrected chi connectivity index (χ3v) is 3.34. The van der Waals surface area contributed by atoms with Gasteiger partial charge < -0.3 is 14.3 Å². The van der Waals surface area contributed by atoms with Gasteiger partial charge in [0.05, 0.1) is 0 Å². The normalized spacial score (nSPS) is 11.3. The zero-order chi connectivity index (χ0) is 16.6. The molecule has 0 saturated carbocycles. The number of aromatic nitrogens is 1. The molecule has 0 fully saturated rings. The van der Waals surface area contributed by atoms with Crippen LogP contribution in [0.3, 0.4) is 0 Å². The molecule has 0 bridgehead atoms. The van der Waals surface area contributed by atoms with E-state index in [1.165, 1.54) is 18.2 Å². The maximum absolute atomic E-state index is 11.8. The van der Waals surface area contributed by atoms with E-state index in [4.69, 9.17) is 9.52 Å². The predicted molar refractivity (Wildman–Crippen MR) is 84.1 cm³/mol. The molecule has 6 heteroatoms. The third kappa shape index (κ3) is 3.15. The van der Waals surface area contributed by atoms with E-state index < -0.39 is 6.16 Å². The third-order valence-electron chi connectivity index (χ3n) is 3.34. The van der Waals surface area contributed by atoms with E-state index in [-0.39, 0.29) is 11.2 Å². The van der Waals surface area contributed by atoms with Crippen LogP contribution in [0.2, 0.25) is 0 Å². The number of carbonyl (C=O) groups is 1. The number of ether oxygens (including phenoxy) is 1. The van der Waals surface area contributed by atoms with E-state index in [2.05, 4.69) is 23.6 Å². The first-order valence-electron chi connectivity index (χ1n) is 7.20. The molecule has 0 atom stereocenters. The van der Waals surface area contributed by atoms with Crippen molar-refractivity contribution < 1.29 is 19.1 Å². The van der Waals surface area contributed by atoms with Crippen LogP contribution in [0, 0.1) is 5.92 Å². The minimum Gasteiger partial charge on any atom is -0.453 e. The summed E-state index contributed by atoms with van der Waals surface area (Å²) in [5, 5.41) is 8.66. The smallest absolute Gasteiger partial charge is 0.453 e. The first kappa shape index (κ1) is 15.0. The highest BCUT2D eigenvalue weighted by Crippen LogP contribution is 2.29. The van der Waals surface area contributed by atoms with Crippen LogP contribution >= 0.6 is 0 Å². The largest absolute Gasteiger partial charge is 0.511 e. The molecule has 0 radical (unpaired) electrons. The van der Waals surface area contributed by atoms with Crippen LogP contribution in [0.25, 0.3) is 22.6 Å². The molecule has 0 aromatic heterocycles. The summed E-state index contributed by atoms with van der Waals surface area (Å²) in [7, 11) is 0.